The lowest BCUT2D eigenvalue weighted by Crippen LogP contribution is -2.31. The minimum atomic E-state index is -0.00717. The molecule has 1 aliphatic rings. The van der Waals surface area contributed by atoms with Gasteiger partial charge in [-0.3, -0.25) is 4.79 Å². The molecule has 0 unspecified atom stereocenters. The van der Waals surface area contributed by atoms with Gasteiger partial charge in [-0.15, -0.1) is 0 Å². The number of nitrogens with one attached hydrogen (secondary N) is 2. The van der Waals surface area contributed by atoms with Gasteiger partial charge in [0, 0.05) is 46.3 Å². The molecule has 1 amide bonds. The number of nitrogens with zero attached hydrogens (tertiary/aromatic N) is 1. The summed E-state index contributed by atoms with van der Waals surface area (Å²) in [4.78, 5) is 16.4. The van der Waals surface area contributed by atoms with Crippen LogP contribution < -0.4 is 5.32 Å². The third kappa shape index (κ3) is 2.33. The van der Waals surface area contributed by atoms with E-state index < -0.39 is 0 Å². The third-order valence-corrected chi connectivity index (χ3v) is 5.57. The second kappa shape index (κ2) is 5.77. The number of carbonyl (C=O) groups excluding carboxylic acids is 1. The van der Waals surface area contributed by atoms with Gasteiger partial charge in [-0.2, -0.15) is 0 Å². The molecule has 4 nitrogen and oxygen atoms in total. The molecule has 0 radical (unpaired) electrons. The van der Waals surface area contributed by atoms with E-state index >= 15 is 0 Å². The Morgan fingerprint density at radius 1 is 1.19 bits per heavy atom. The lowest BCUT2D eigenvalue weighted by molar-refractivity contribution is 0.0932. The Balaban J connectivity index is 1.47. The van der Waals surface area contributed by atoms with Crippen LogP contribution >= 0.6 is 0 Å². The number of fused-ring (bicyclic) bond motifs is 4. The molecule has 4 aromatic rings. The fourth-order valence-electron chi connectivity index (χ4n) is 4.22. The average molecular weight is 343 g/mol. The van der Waals surface area contributed by atoms with E-state index in [9.17, 15) is 4.79 Å². The maximum absolute atomic E-state index is 12.9. The van der Waals surface area contributed by atoms with E-state index in [4.69, 9.17) is 0 Å². The second-order valence-corrected chi connectivity index (χ2v) is 7.18. The Hall–Kier alpha value is -3.01. The summed E-state index contributed by atoms with van der Waals surface area (Å²) in [7, 11) is 2.02. The van der Waals surface area contributed by atoms with Crippen LogP contribution in [0.1, 0.15) is 40.5 Å². The first-order valence-electron chi connectivity index (χ1n) is 9.16. The van der Waals surface area contributed by atoms with Gasteiger partial charge in [0.25, 0.3) is 5.91 Å². The summed E-state index contributed by atoms with van der Waals surface area (Å²) in [6, 6.07) is 16.4. The zero-order chi connectivity index (χ0) is 17.7. The van der Waals surface area contributed by atoms with Crippen LogP contribution in [0.25, 0.3) is 21.8 Å². The van der Waals surface area contributed by atoms with E-state index in [1.165, 1.54) is 16.6 Å². The first-order chi connectivity index (χ1) is 12.7. The number of carbonyl (C=O) groups is 1. The average Bonchev–Trinajstić information content (AvgIpc) is 3.23. The molecular formula is C22H21N3O. The van der Waals surface area contributed by atoms with Crippen LogP contribution in [-0.2, 0) is 13.5 Å². The van der Waals surface area contributed by atoms with Crippen molar-refractivity contribution in [1.29, 1.82) is 0 Å². The van der Waals surface area contributed by atoms with E-state index in [-0.39, 0.29) is 11.9 Å². The standard InChI is InChI=1S/C22H21N3O/c1-25-12-11-14-13-15(9-10-20(14)25)22(26)24-19-8-4-6-17-16-5-2-3-7-18(16)23-21(17)19/h2-3,5,7,9-13,19,23H,4,6,8H2,1H3,(H,24,26)/t19-/m1/s1. The molecular weight excluding hydrogens is 322 g/mol. The number of rotatable bonds is 2. The van der Waals surface area contributed by atoms with Crippen molar-refractivity contribution in [2.24, 2.45) is 7.05 Å². The minimum absolute atomic E-state index is 0.00717. The lowest BCUT2D eigenvalue weighted by Gasteiger charge is -2.24. The predicted octanol–water partition coefficient (Wildman–Crippen LogP) is 4.47. The molecule has 2 N–H and O–H groups in total. The predicted molar refractivity (Wildman–Crippen MR) is 104 cm³/mol. The van der Waals surface area contributed by atoms with Gasteiger partial charge in [-0.1, -0.05) is 18.2 Å². The molecule has 0 bridgehead atoms. The van der Waals surface area contributed by atoms with Crippen molar-refractivity contribution in [1.82, 2.24) is 14.9 Å². The minimum Gasteiger partial charge on any atom is -0.356 e. The maximum atomic E-state index is 12.9. The van der Waals surface area contributed by atoms with Crippen LogP contribution in [0, 0.1) is 0 Å². The number of H-pyrrole nitrogens is 1. The maximum Gasteiger partial charge on any atom is 0.251 e. The highest BCUT2D eigenvalue weighted by molar-refractivity contribution is 5.98. The Labute approximate surface area is 151 Å². The smallest absolute Gasteiger partial charge is 0.251 e. The zero-order valence-electron chi connectivity index (χ0n) is 14.8. The number of aromatic amines is 1. The molecule has 0 spiro atoms. The van der Waals surface area contributed by atoms with Crippen molar-refractivity contribution in [3.8, 4) is 0 Å². The van der Waals surface area contributed by atoms with Crippen LogP contribution in [0.2, 0.25) is 0 Å². The van der Waals surface area contributed by atoms with Gasteiger partial charge < -0.3 is 14.9 Å². The van der Waals surface area contributed by atoms with Crippen molar-refractivity contribution < 1.29 is 4.79 Å². The van der Waals surface area contributed by atoms with Gasteiger partial charge in [0.05, 0.1) is 6.04 Å². The van der Waals surface area contributed by atoms with Gasteiger partial charge in [0.1, 0.15) is 0 Å². The summed E-state index contributed by atoms with van der Waals surface area (Å²) < 4.78 is 2.06. The highest BCUT2D eigenvalue weighted by Gasteiger charge is 2.25. The van der Waals surface area contributed by atoms with Crippen LogP contribution in [0.5, 0.6) is 0 Å². The Morgan fingerprint density at radius 3 is 3.00 bits per heavy atom. The summed E-state index contributed by atoms with van der Waals surface area (Å²) in [5, 5.41) is 5.62. The highest BCUT2D eigenvalue weighted by atomic mass is 16.1. The van der Waals surface area contributed by atoms with E-state index in [0.717, 1.165) is 35.7 Å². The number of aromatic nitrogens is 2. The largest absolute Gasteiger partial charge is 0.356 e. The number of amides is 1. The third-order valence-electron chi connectivity index (χ3n) is 5.57. The second-order valence-electron chi connectivity index (χ2n) is 7.18. The van der Waals surface area contributed by atoms with Crippen LogP contribution in [0.15, 0.2) is 54.7 Å². The van der Waals surface area contributed by atoms with Gasteiger partial charge in [0.2, 0.25) is 0 Å². The van der Waals surface area contributed by atoms with Crippen molar-refractivity contribution in [2.45, 2.75) is 25.3 Å². The molecule has 1 aliphatic carbocycles. The molecule has 2 aromatic carbocycles. The highest BCUT2D eigenvalue weighted by Crippen LogP contribution is 2.34. The first kappa shape index (κ1) is 15.3. The van der Waals surface area contributed by atoms with Crippen molar-refractivity contribution in [3.63, 3.8) is 0 Å². The molecule has 26 heavy (non-hydrogen) atoms. The first-order valence-corrected chi connectivity index (χ1v) is 9.16. The molecule has 5 rings (SSSR count). The van der Waals surface area contributed by atoms with E-state index in [1.54, 1.807) is 0 Å². The topological polar surface area (TPSA) is 49.8 Å². The monoisotopic (exact) mass is 343 g/mol. The van der Waals surface area contributed by atoms with Crippen LogP contribution in [-0.4, -0.2) is 15.5 Å². The Kier molecular flexibility index (Phi) is 3.38. The van der Waals surface area contributed by atoms with Crippen LogP contribution in [0.3, 0.4) is 0 Å². The number of para-hydroxylation sites is 1. The van der Waals surface area contributed by atoms with E-state index in [0.29, 0.717) is 5.56 Å². The summed E-state index contributed by atoms with van der Waals surface area (Å²) in [6.07, 6.45) is 5.16. The van der Waals surface area contributed by atoms with Gasteiger partial charge in [0.15, 0.2) is 0 Å². The summed E-state index contributed by atoms with van der Waals surface area (Å²) in [5.74, 6) is -0.00717. The molecule has 0 saturated carbocycles. The summed E-state index contributed by atoms with van der Waals surface area (Å²) in [6.45, 7) is 0. The zero-order valence-corrected chi connectivity index (χ0v) is 14.8. The summed E-state index contributed by atoms with van der Waals surface area (Å²) >= 11 is 0. The van der Waals surface area contributed by atoms with Gasteiger partial charge in [-0.05, 0) is 55.2 Å². The molecule has 1 atom stereocenters. The molecule has 2 aromatic heterocycles. The van der Waals surface area contributed by atoms with Crippen molar-refractivity contribution in [2.75, 3.05) is 0 Å². The Morgan fingerprint density at radius 2 is 2.08 bits per heavy atom. The molecule has 4 heteroatoms. The number of aryl methyl sites for hydroxylation is 2. The summed E-state index contributed by atoms with van der Waals surface area (Å²) in [5.41, 5.74) is 5.54. The fourth-order valence-corrected chi connectivity index (χ4v) is 4.22. The number of benzene rings is 2. The Bertz CT molecular complexity index is 1130. The SMILES string of the molecule is Cn1ccc2cc(C(=O)N[C@@H]3CCCc4c3[nH]c3ccccc43)ccc21. The quantitative estimate of drug-likeness (QED) is 0.554. The van der Waals surface area contributed by atoms with E-state index in [2.05, 4.69) is 33.1 Å². The van der Waals surface area contributed by atoms with Crippen LogP contribution in [0.4, 0.5) is 0 Å². The van der Waals surface area contributed by atoms with Gasteiger partial charge in [-0.25, -0.2) is 0 Å². The van der Waals surface area contributed by atoms with E-state index in [1.807, 2.05) is 43.6 Å². The molecule has 0 aliphatic heterocycles. The normalized spacial score (nSPS) is 16.7. The van der Waals surface area contributed by atoms with Gasteiger partial charge >= 0.3 is 0 Å². The van der Waals surface area contributed by atoms with Crippen molar-refractivity contribution in [3.05, 3.63) is 71.5 Å². The molecule has 2 heterocycles. The van der Waals surface area contributed by atoms with Crippen molar-refractivity contribution >= 4 is 27.7 Å². The molecule has 0 saturated heterocycles. The molecule has 0 fully saturated rings. The fraction of sp³-hybridized carbons (Fsp3) is 0.227. The number of hydrogen-bond donors (Lipinski definition) is 2. The molecule has 130 valence electrons. The number of hydrogen-bond acceptors (Lipinski definition) is 1. The lowest BCUT2D eigenvalue weighted by atomic mass is 9.91.